The Kier molecular flexibility index (Phi) is 3.74. The molecular weight excluding hydrogens is 160 g/mol. The molecule has 74 valence electrons. The van der Waals surface area contributed by atoms with Gasteiger partial charge >= 0.3 is 0 Å². The van der Waals surface area contributed by atoms with E-state index in [1.807, 2.05) is 13.8 Å². The van der Waals surface area contributed by atoms with E-state index >= 15 is 0 Å². The van der Waals surface area contributed by atoms with Crippen molar-refractivity contribution in [1.82, 2.24) is 4.90 Å². The molecule has 2 bridgehead atoms. The monoisotopic (exact) mass is 180 g/mol. The van der Waals surface area contributed by atoms with Gasteiger partial charge in [-0.25, -0.2) is 0 Å². The smallest absolute Gasteiger partial charge is 0.0662 e. The Labute approximate surface area is 81.5 Å². The second kappa shape index (κ2) is 4.62. The molecule has 1 saturated carbocycles. The molecule has 0 amide bonds. The van der Waals surface area contributed by atoms with Crippen LogP contribution in [0.2, 0.25) is 0 Å². The summed E-state index contributed by atoms with van der Waals surface area (Å²) in [5.41, 5.74) is 0. The topological polar surface area (TPSA) is 27.0 Å². The number of hydrogen-bond acceptors (Lipinski definition) is 2. The van der Waals surface area contributed by atoms with Crippen molar-refractivity contribution in [2.45, 2.75) is 26.7 Å². The predicted molar refractivity (Wildman–Crippen MR) is 54.2 cm³/mol. The molecule has 2 aliphatic rings. The van der Waals surface area contributed by atoms with Crippen LogP contribution in [0.1, 0.15) is 26.7 Å². The van der Waals surface area contributed by atoms with E-state index in [2.05, 4.69) is 18.0 Å². The lowest BCUT2D eigenvalue weighted by atomic mass is 9.87. The minimum Gasteiger partial charge on any atom is -0.306 e. The van der Waals surface area contributed by atoms with Gasteiger partial charge < -0.3 is 4.90 Å². The molecule has 2 unspecified atom stereocenters. The highest BCUT2D eigenvalue weighted by molar-refractivity contribution is 5.01. The number of piperidine rings is 1. The fourth-order valence-electron chi connectivity index (χ4n) is 2.67. The molecule has 2 nitrogen and oxygen atoms in total. The summed E-state index contributed by atoms with van der Waals surface area (Å²) >= 11 is 0. The number of hydrogen-bond donors (Lipinski definition) is 0. The molecule has 0 spiro atoms. The van der Waals surface area contributed by atoms with Gasteiger partial charge in [-0.05, 0) is 31.7 Å². The maximum Gasteiger partial charge on any atom is 0.0662 e. The Morgan fingerprint density at radius 1 is 1.15 bits per heavy atom. The molecule has 0 radical (unpaired) electrons. The van der Waals surface area contributed by atoms with Crippen molar-refractivity contribution < 1.29 is 0 Å². The van der Waals surface area contributed by atoms with Crippen LogP contribution in [-0.2, 0) is 0 Å². The summed E-state index contributed by atoms with van der Waals surface area (Å²) in [6.45, 7) is 6.30. The molecular formula is C11H20N2. The lowest BCUT2D eigenvalue weighted by Crippen LogP contribution is -2.38. The van der Waals surface area contributed by atoms with Gasteiger partial charge in [0.2, 0.25) is 0 Å². The predicted octanol–water partition coefficient (Wildman–Crippen LogP) is 2.12. The molecule has 13 heavy (non-hydrogen) atoms. The Bertz CT molecular complexity index is 181. The SMILES string of the molecule is CC.CN1CC2CCC(C1)C2C#N. The number of nitrogens with zero attached hydrogens (tertiary/aromatic N) is 2. The van der Waals surface area contributed by atoms with Gasteiger partial charge in [0.1, 0.15) is 0 Å². The molecule has 1 heterocycles. The second-order valence-corrected chi connectivity index (χ2v) is 3.97. The van der Waals surface area contributed by atoms with E-state index in [9.17, 15) is 0 Å². The molecule has 1 aliphatic carbocycles. The van der Waals surface area contributed by atoms with E-state index in [1.165, 1.54) is 12.8 Å². The van der Waals surface area contributed by atoms with Gasteiger partial charge in [-0.3, -0.25) is 0 Å². The van der Waals surface area contributed by atoms with Crippen LogP contribution in [0, 0.1) is 29.1 Å². The second-order valence-electron chi connectivity index (χ2n) is 3.97. The number of rotatable bonds is 0. The first-order valence-corrected chi connectivity index (χ1v) is 5.39. The summed E-state index contributed by atoms with van der Waals surface area (Å²) in [6, 6.07) is 2.46. The van der Waals surface area contributed by atoms with Crippen molar-refractivity contribution >= 4 is 0 Å². The molecule has 2 rings (SSSR count). The summed E-state index contributed by atoms with van der Waals surface area (Å²) in [7, 11) is 2.17. The first kappa shape index (κ1) is 10.5. The van der Waals surface area contributed by atoms with Crippen LogP contribution in [0.15, 0.2) is 0 Å². The minimum atomic E-state index is 0.381. The van der Waals surface area contributed by atoms with Crippen LogP contribution in [0.5, 0.6) is 0 Å². The highest BCUT2D eigenvalue weighted by Crippen LogP contribution is 2.40. The maximum atomic E-state index is 8.89. The van der Waals surface area contributed by atoms with E-state index < -0.39 is 0 Å². The van der Waals surface area contributed by atoms with Gasteiger partial charge in [-0.2, -0.15) is 5.26 Å². The van der Waals surface area contributed by atoms with Crippen LogP contribution in [0.4, 0.5) is 0 Å². The fraction of sp³-hybridized carbons (Fsp3) is 0.909. The first-order valence-electron chi connectivity index (χ1n) is 5.39. The summed E-state index contributed by atoms with van der Waals surface area (Å²) in [5.74, 6) is 1.75. The van der Waals surface area contributed by atoms with Crippen molar-refractivity contribution in [3.05, 3.63) is 0 Å². The lowest BCUT2D eigenvalue weighted by molar-refractivity contribution is 0.165. The molecule has 0 aromatic rings. The van der Waals surface area contributed by atoms with Gasteiger partial charge in [0.25, 0.3) is 0 Å². The molecule has 2 heteroatoms. The van der Waals surface area contributed by atoms with Crippen molar-refractivity contribution in [2.24, 2.45) is 17.8 Å². The lowest BCUT2D eigenvalue weighted by Gasteiger charge is -2.31. The third kappa shape index (κ3) is 2.03. The van der Waals surface area contributed by atoms with Crippen LogP contribution in [0.3, 0.4) is 0 Å². The number of likely N-dealkylation sites (tertiary alicyclic amines) is 1. The van der Waals surface area contributed by atoms with Crippen LogP contribution in [0.25, 0.3) is 0 Å². The van der Waals surface area contributed by atoms with Gasteiger partial charge in [0.15, 0.2) is 0 Å². The molecule has 0 N–H and O–H groups in total. The molecule has 0 aromatic heterocycles. The Hall–Kier alpha value is -0.550. The fourth-order valence-corrected chi connectivity index (χ4v) is 2.67. The number of fused-ring (bicyclic) bond motifs is 2. The Morgan fingerprint density at radius 2 is 1.62 bits per heavy atom. The molecule has 2 atom stereocenters. The van der Waals surface area contributed by atoms with E-state index in [0.29, 0.717) is 17.8 Å². The van der Waals surface area contributed by atoms with E-state index in [1.54, 1.807) is 0 Å². The molecule has 1 saturated heterocycles. The maximum absolute atomic E-state index is 8.89. The zero-order valence-electron chi connectivity index (χ0n) is 8.95. The summed E-state index contributed by atoms with van der Waals surface area (Å²) < 4.78 is 0. The molecule has 0 aromatic carbocycles. The zero-order valence-corrected chi connectivity index (χ0v) is 8.95. The van der Waals surface area contributed by atoms with E-state index in [-0.39, 0.29) is 0 Å². The summed E-state index contributed by atoms with van der Waals surface area (Å²) in [4.78, 5) is 2.37. The zero-order chi connectivity index (χ0) is 9.84. The third-order valence-electron chi connectivity index (χ3n) is 3.17. The summed E-state index contributed by atoms with van der Waals surface area (Å²) in [5, 5.41) is 8.89. The highest BCUT2D eigenvalue weighted by Gasteiger charge is 2.40. The Morgan fingerprint density at radius 3 is 2.00 bits per heavy atom. The summed E-state index contributed by atoms with van der Waals surface area (Å²) in [6.07, 6.45) is 2.57. The standard InChI is InChI=1S/C9H14N2.C2H6/c1-11-5-7-2-3-8(6-11)9(7)4-10;1-2/h7-9H,2-3,5-6H2,1H3;1-2H3. The van der Waals surface area contributed by atoms with Crippen molar-refractivity contribution in [2.75, 3.05) is 20.1 Å². The molecule has 1 aliphatic heterocycles. The Balaban J connectivity index is 0.000000396. The van der Waals surface area contributed by atoms with Gasteiger partial charge in [0.05, 0.1) is 12.0 Å². The number of nitriles is 1. The van der Waals surface area contributed by atoms with Gasteiger partial charge in [-0.15, -0.1) is 0 Å². The van der Waals surface area contributed by atoms with E-state index in [4.69, 9.17) is 5.26 Å². The highest BCUT2D eigenvalue weighted by atomic mass is 15.1. The largest absolute Gasteiger partial charge is 0.306 e. The van der Waals surface area contributed by atoms with Crippen molar-refractivity contribution in [3.63, 3.8) is 0 Å². The molecule has 2 fully saturated rings. The van der Waals surface area contributed by atoms with Gasteiger partial charge in [-0.1, -0.05) is 13.8 Å². The van der Waals surface area contributed by atoms with Crippen LogP contribution >= 0.6 is 0 Å². The quantitative estimate of drug-likeness (QED) is 0.571. The normalized spacial score (nSPS) is 37.5. The van der Waals surface area contributed by atoms with Crippen LogP contribution < -0.4 is 0 Å². The van der Waals surface area contributed by atoms with Crippen molar-refractivity contribution in [3.8, 4) is 6.07 Å². The average molecular weight is 180 g/mol. The average Bonchev–Trinajstić information content (AvgIpc) is 2.41. The van der Waals surface area contributed by atoms with Crippen molar-refractivity contribution in [1.29, 1.82) is 5.26 Å². The minimum absolute atomic E-state index is 0.381. The van der Waals surface area contributed by atoms with E-state index in [0.717, 1.165) is 13.1 Å². The van der Waals surface area contributed by atoms with Gasteiger partial charge in [0, 0.05) is 13.1 Å². The first-order chi connectivity index (χ1) is 6.31. The van der Waals surface area contributed by atoms with Crippen LogP contribution in [-0.4, -0.2) is 25.0 Å². The third-order valence-corrected chi connectivity index (χ3v) is 3.17.